The summed E-state index contributed by atoms with van der Waals surface area (Å²) in [6.45, 7) is 12.6. The van der Waals surface area contributed by atoms with Crippen molar-refractivity contribution in [2.45, 2.75) is 88.9 Å². The SMILES string of the molecule is CC[n+]1cc[nH]c1.CC[n+]1cc[nH]c1.CC[n+]1cc[nH]c1.CC[n+]1cc[nH]c1.O=S(=O)([O-])C(F)(F)C(F)F.O=S(=O)([O-])C(F)(F)C(F)F.O=S(=O)([O-])C(F)(F)C(F)F. The van der Waals surface area contributed by atoms with E-state index in [0.717, 1.165) is 26.2 Å². The molecule has 4 heterocycles. The van der Waals surface area contributed by atoms with E-state index < -0.39 is 65.4 Å². The first kappa shape index (κ1) is 58.1. The molecule has 0 amide bonds. The van der Waals surface area contributed by atoms with Crippen molar-refractivity contribution >= 4 is 30.4 Å². The molecule has 0 spiro atoms. The van der Waals surface area contributed by atoms with Crippen molar-refractivity contribution in [1.82, 2.24) is 19.9 Å². The van der Waals surface area contributed by atoms with Crippen molar-refractivity contribution < 1.29 is 110 Å². The van der Waals surface area contributed by atoms with Crippen LogP contribution >= 0.6 is 0 Å². The van der Waals surface area contributed by atoms with Gasteiger partial charge in [-0.3, -0.25) is 19.9 Å². The molecule has 0 aromatic carbocycles. The van der Waals surface area contributed by atoms with Crippen molar-refractivity contribution in [3.8, 4) is 0 Å². The molecule has 4 aromatic heterocycles. The van der Waals surface area contributed by atoms with Crippen LogP contribution in [-0.4, -0.2) is 93.9 Å². The van der Waals surface area contributed by atoms with E-state index in [1.807, 2.05) is 74.9 Å². The molecule has 4 aromatic rings. The van der Waals surface area contributed by atoms with Gasteiger partial charge in [0.15, 0.2) is 30.4 Å². The van der Waals surface area contributed by atoms with Crippen LogP contribution in [0.15, 0.2) is 74.9 Å². The number of alkyl halides is 12. The monoisotopic (exact) mass is 931 g/mol. The first-order valence-electron chi connectivity index (χ1n) is 15.2. The first-order chi connectivity index (χ1) is 26.3. The zero-order chi connectivity index (χ0) is 46.2. The topological polar surface area (TPSA) is 250 Å². The molecular weight excluding hydrogens is 893 g/mol. The number of aromatic nitrogens is 8. The van der Waals surface area contributed by atoms with Crippen molar-refractivity contribution in [3.63, 3.8) is 0 Å². The van der Waals surface area contributed by atoms with E-state index in [1.165, 1.54) is 0 Å². The Morgan fingerprint density at radius 2 is 0.586 bits per heavy atom. The van der Waals surface area contributed by atoms with E-state index in [1.54, 1.807) is 0 Å². The number of rotatable bonds is 10. The van der Waals surface area contributed by atoms with Crippen LogP contribution < -0.4 is 18.3 Å². The van der Waals surface area contributed by atoms with Crippen molar-refractivity contribution in [2.24, 2.45) is 0 Å². The molecule has 58 heavy (non-hydrogen) atoms. The van der Waals surface area contributed by atoms with Crippen LogP contribution in [0.5, 0.6) is 0 Å². The molecule has 0 fully saturated rings. The molecule has 0 saturated heterocycles. The van der Waals surface area contributed by atoms with E-state index >= 15 is 0 Å². The van der Waals surface area contributed by atoms with Gasteiger partial charge in [0.1, 0.15) is 49.6 Å². The number of aryl methyl sites for hydroxylation is 4. The zero-order valence-corrected chi connectivity index (χ0v) is 32.7. The second-order valence-corrected chi connectivity index (χ2v) is 14.1. The molecule has 0 aliphatic carbocycles. The van der Waals surface area contributed by atoms with Gasteiger partial charge < -0.3 is 13.7 Å². The number of nitrogens with zero attached hydrogens (tertiary/aromatic N) is 4. The lowest BCUT2D eigenvalue weighted by molar-refractivity contribution is -0.692. The third-order valence-electron chi connectivity index (χ3n) is 5.63. The summed E-state index contributed by atoms with van der Waals surface area (Å²) in [6.07, 6.45) is 9.92. The van der Waals surface area contributed by atoms with Gasteiger partial charge >= 0.3 is 35.0 Å². The number of halogens is 12. The maximum Gasteiger partial charge on any atom is 0.393 e. The Hall–Kier alpha value is -4.27. The summed E-state index contributed by atoms with van der Waals surface area (Å²) in [7, 11) is -18.7. The van der Waals surface area contributed by atoms with Gasteiger partial charge in [0, 0.05) is 0 Å². The van der Waals surface area contributed by atoms with E-state index in [4.69, 9.17) is 0 Å². The third-order valence-corrected chi connectivity index (χ3v) is 8.17. The fraction of sp³-hybridized carbons (Fsp3) is 0.538. The number of hydrogen-bond donors (Lipinski definition) is 4. The molecule has 0 aliphatic rings. The Bertz CT molecular complexity index is 1670. The number of hydrogen-bond acceptors (Lipinski definition) is 9. The second-order valence-electron chi connectivity index (χ2n) is 9.72. The van der Waals surface area contributed by atoms with Gasteiger partial charge in [-0.2, -0.15) is 26.3 Å². The lowest BCUT2D eigenvalue weighted by atomic mass is 10.7. The van der Waals surface area contributed by atoms with Crippen molar-refractivity contribution in [1.29, 1.82) is 0 Å². The van der Waals surface area contributed by atoms with Crippen LogP contribution in [0.1, 0.15) is 27.7 Å². The van der Waals surface area contributed by atoms with Crippen LogP contribution in [0.4, 0.5) is 52.7 Å². The highest BCUT2D eigenvalue weighted by Crippen LogP contribution is 2.29. The number of imidazole rings is 4. The van der Waals surface area contributed by atoms with Crippen LogP contribution in [0.3, 0.4) is 0 Å². The molecule has 0 atom stereocenters. The van der Waals surface area contributed by atoms with Gasteiger partial charge in [-0.15, -0.1) is 0 Å². The average Bonchev–Trinajstić information content (AvgIpc) is 3.97. The van der Waals surface area contributed by atoms with E-state index in [2.05, 4.69) is 65.9 Å². The summed E-state index contributed by atoms with van der Waals surface area (Å²) in [5.74, 6) is 0. The van der Waals surface area contributed by atoms with Crippen LogP contribution in [0.2, 0.25) is 0 Å². The fourth-order valence-electron chi connectivity index (χ4n) is 2.40. The Morgan fingerprint density at radius 3 is 0.621 bits per heavy atom. The fourth-order valence-corrected chi connectivity index (χ4v) is 3.05. The summed E-state index contributed by atoms with van der Waals surface area (Å²) in [5, 5.41) is -16.4. The lowest BCUT2D eigenvalue weighted by Gasteiger charge is -2.17. The van der Waals surface area contributed by atoms with E-state index in [0.29, 0.717) is 0 Å². The Labute approximate surface area is 323 Å². The van der Waals surface area contributed by atoms with Gasteiger partial charge in [0.05, 0.1) is 26.2 Å². The lowest BCUT2D eigenvalue weighted by Crippen LogP contribution is -2.36. The molecular formula is C26H39F12N8O9S3+. The largest absolute Gasteiger partial charge is 0.743 e. The molecule has 17 nitrogen and oxygen atoms in total. The highest BCUT2D eigenvalue weighted by Gasteiger charge is 2.49. The van der Waals surface area contributed by atoms with Gasteiger partial charge in [-0.1, -0.05) is 0 Å². The second kappa shape index (κ2) is 26.7. The summed E-state index contributed by atoms with van der Waals surface area (Å²) in [6, 6.07) is 0. The minimum atomic E-state index is -6.23. The molecule has 0 unspecified atom stereocenters. The summed E-state index contributed by atoms with van der Waals surface area (Å²) >= 11 is 0. The molecule has 0 bridgehead atoms. The third kappa shape index (κ3) is 22.6. The van der Waals surface area contributed by atoms with Gasteiger partial charge in [-0.05, 0) is 27.7 Å². The van der Waals surface area contributed by atoms with Crippen molar-refractivity contribution in [3.05, 3.63) is 74.9 Å². The maximum absolute atomic E-state index is 11.4. The quantitative estimate of drug-likeness (QED) is 0.103. The molecule has 338 valence electrons. The summed E-state index contributed by atoms with van der Waals surface area (Å²) in [5.41, 5.74) is 0. The van der Waals surface area contributed by atoms with E-state index in [9.17, 15) is 91.6 Å². The van der Waals surface area contributed by atoms with Crippen LogP contribution in [0.25, 0.3) is 0 Å². The smallest absolute Gasteiger partial charge is 0.393 e. The molecule has 0 aliphatic heterocycles. The Morgan fingerprint density at radius 1 is 0.431 bits per heavy atom. The summed E-state index contributed by atoms with van der Waals surface area (Å²) in [4.78, 5) is 11.8. The molecule has 32 heteroatoms. The van der Waals surface area contributed by atoms with E-state index in [-0.39, 0.29) is 0 Å². The van der Waals surface area contributed by atoms with Crippen LogP contribution in [-0.2, 0) is 56.5 Å². The highest BCUT2D eigenvalue weighted by atomic mass is 32.2. The van der Waals surface area contributed by atoms with Gasteiger partial charge in [-0.25, -0.2) is 69.9 Å². The van der Waals surface area contributed by atoms with Gasteiger partial charge in [0.25, 0.3) is 0 Å². The van der Waals surface area contributed by atoms with Crippen LogP contribution in [0, 0.1) is 0 Å². The summed E-state index contributed by atoms with van der Waals surface area (Å²) < 4.78 is 226. The van der Waals surface area contributed by atoms with Crippen molar-refractivity contribution in [2.75, 3.05) is 0 Å². The first-order valence-corrected chi connectivity index (χ1v) is 19.4. The highest BCUT2D eigenvalue weighted by molar-refractivity contribution is 7.87. The molecule has 0 saturated carbocycles. The number of aromatic amines is 4. The predicted molar refractivity (Wildman–Crippen MR) is 169 cm³/mol. The molecule has 0 radical (unpaired) electrons. The predicted octanol–water partition coefficient (Wildman–Crippen LogP) is 2.46. The zero-order valence-electron chi connectivity index (χ0n) is 30.2. The van der Waals surface area contributed by atoms with Gasteiger partial charge in [0.2, 0.25) is 25.3 Å². The Balaban J connectivity index is -0.000000611. The molecule has 4 rings (SSSR count). The standard InChI is InChI=1S/4C5H8N2.3C2H2F4O3S/c4*1-2-7-4-3-6-5-7;3*3-1(4)2(5,6)10(7,8)9/h4*3-5H,2H2,1H3;3*1H,(H,7,8,9)/p+1. The Kier molecular flexibility index (Phi) is 26.7. The average molecular weight is 932 g/mol. The molecule has 4 N–H and O–H groups in total. The number of nitrogens with one attached hydrogen (secondary N) is 4. The maximum atomic E-state index is 11.4. The minimum absolute atomic E-state index is 1.05. The number of H-pyrrole nitrogens is 4. The normalized spacial score (nSPS) is 11.8. The minimum Gasteiger partial charge on any atom is -0.743 e.